The van der Waals surface area contributed by atoms with Crippen LogP contribution >= 0.6 is 0 Å². The number of aliphatic imine (C=N–C) groups is 1. The van der Waals surface area contributed by atoms with Crippen molar-refractivity contribution < 1.29 is 22.3 Å². The number of allylic oxidation sites excluding steroid dienone is 1. The van der Waals surface area contributed by atoms with E-state index >= 15 is 0 Å². The van der Waals surface area contributed by atoms with Crippen molar-refractivity contribution in [2.75, 3.05) is 18.1 Å². The van der Waals surface area contributed by atoms with Gasteiger partial charge in [0.05, 0.1) is 17.9 Å². The molecule has 0 spiro atoms. The maximum absolute atomic E-state index is 14.5. The van der Waals surface area contributed by atoms with E-state index in [2.05, 4.69) is 14.6 Å². The highest BCUT2D eigenvalue weighted by Gasteiger charge is 2.40. The molecule has 3 unspecified atom stereocenters. The number of pyridine rings is 1. The fourth-order valence-electron chi connectivity index (χ4n) is 5.50. The number of fused-ring (bicyclic) bond motifs is 2. The van der Waals surface area contributed by atoms with Crippen LogP contribution in [0.3, 0.4) is 0 Å². The Morgan fingerprint density at radius 2 is 2.05 bits per heavy atom. The van der Waals surface area contributed by atoms with Crippen LogP contribution in [0.25, 0.3) is 11.3 Å². The SMILES string of the molecule is CC(C)COc1cc(F)cc(-c2ccc(C(=O)NS(=O)(=O)C3=NC(N)=CC(C)C3)c(N3CC4CCC3C4)n2)c1. The van der Waals surface area contributed by atoms with E-state index in [0.717, 1.165) is 25.8 Å². The summed E-state index contributed by atoms with van der Waals surface area (Å²) < 4.78 is 48.5. The molecule has 5 rings (SSSR count). The lowest BCUT2D eigenvalue weighted by atomic mass is 10.1. The molecule has 3 aliphatic rings. The molecule has 2 aromatic rings. The largest absolute Gasteiger partial charge is 0.493 e. The number of nitrogens with one attached hydrogen (secondary N) is 1. The number of carbonyl (C=O) groups excluding carboxylic acids is 1. The number of anilines is 1. The van der Waals surface area contributed by atoms with Gasteiger partial charge in [-0.15, -0.1) is 0 Å². The third-order valence-electron chi connectivity index (χ3n) is 7.29. The van der Waals surface area contributed by atoms with E-state index in [-0.39, 0.29) is 40.7 Å². The molecular weight excluding hydrogens is 521 g/mol. The molecule has 3 atom stereocenters. The van der Waals surface area contributed by atoms with Gasteiger partial charge in [-0.25, -0.2) is 19.1 Å². The van der Waals surface area contributed by atoms with Crippen LogP contribution in [-0.2, 0) is 10.0 Å². The second kappa shape index (κ2) is 10.6. The summed E-state index contributed by atoms with van der Waals surface area (Å²) in [5.41, 5.74) is 6.87. The minimum atomic E-state index is -4.22. The van der Waals surface area contributed by atoms with Crippen molar-refractivity contribution in [3.63, 3.8) is 0 Å². The molecule has 3 heterocycles. The van der Waals surface area contributed by atoms with Crippen LogP contribution in [-0.4, -0.2) is 43.5 Å². The highest BCUT2D eigenvalue weighted by atomic mass is 32.2. The van der Waals surface area contributed by atoms with E-state index in [9.17, 15) is 17.6 Å². The molecule has 208 valence electrons. The number of sulfonamides is 1. The van der Waals surface area contributed by atoms with E-state index in [1.165, 1.54) is 12.1 Å². The maximum Gasteiger partial charge on any atom is 0.277 e. The van der Waals surface area contributed by atoms with Crippen molar-refractivity contribution in [1.82, 2.24) is 9.71 Å². The van der Waals surface area contributed by atoms with Crippen LogP contribution in [0.15, 0.2) is 47.2 Å². The number of hydrogen-bond donors (Lipinski definition) is 2. The fraction of sp³-hybridized carbons (Fsp3) is 0.464. The second-order valence-corrected chi connectivity index (χ2v) is 12.8. The van der Waals surface area contributed by atoms with Gasteiger partial charge < -0.3 is 15.4 Å². The Hall–Kier alpha value is -3.47. The predicted molar refractivity (Wildman–Crippen MR) is 148 cm³/mol. The number of ether oxygens (including phenoxy) is 1. The van der Waals surface area contributed by atoms with Crippen LogP contribution in [0.2, 0.25) is 0 Å². The number of nitrogens with two attached hydrogens (primary N) is 1. The lowest BCUT2D eigenvalue weighted by molar-refractivity contribution is 0.0982. The predicted octanol–water partition coefficient (Wildman–Crippen LogP) is 4.21. The zero-order valence-electron chi connectivity index (χ0n) is 22.4. The number of nitrogens with zero attached hydrogens (tertiary/aromatic N) is 3. The third-order valence-corrected chi connectivity index (χ3v) is 8.63. The van der Waals surface area contributed by atoms with Crippen LogP contribution in [0, 0.1) is 23.6 Å². The Labute approximate surface area is 228 Å². The average Bonchev–Trinajstić information content (AvgIpc) is 3.50. The number of carbonyl (C=O) groups is 1. The molecule has 1 saturated heterocycles. The molecular formula is C28H34FN5O4S. The van der Waals surface area contributed by atoms with Crippen molar-refractivity contribution in [3.8, 4) is 17.0 Å². The van der Waals surface area contributed by atoms with Crippen molar-refractivity contribution in [1.29, 1.82) is 0 Å². The highest BCUT2D eigenvalue weighted by molar-refractivity contribution is 8.05. The van der Waals surface area contributed by atoms with Crippen molar-refractivity contribution in [3.05, 3.63) is 53.6 Å². The summed E-state index contributed by atoms with van der Waals surface area (Å²) in [5.74, 6) is 0.281. The summed E-state index contributed by atoms with van der Waals surface area (Å²) in [5, 5.41) is -0.177. The molecule has 1 aliphatic carbocycles. The number of hydrogen-bond acceptors (Lipinski definition) is 8. The number of halogens is 1. The number of benzene rings is 1. The average molecular weight is 556 g/mol. The zero-order valence-corrected chi connectivity index (χ0v) is 23.2. The Bertz CT molecular complexity index is 1460. The summed E-state index contributed by atoms with van der Waals surface area (Å²) in [6.45, 7) is 7.01. The van der Waals surface area contributed by atoms with Gasteiger partial charge >= 0.3 is 0 Å². The lowest BCUT2D eigenvalue weighted by Crippen LogP contribution is -2.39. The Kier molecular flexibility index (Phi) is 7.37. The molecule has 2 aliphatic heterocycles. The minimum absolute atomic E-state index is 0.105. The van der Waals surface area contributed by atoms with E-state index in [1.807, 2.05) is 20.8 Å². The Morgan fingerprint density at radius 3 is 2.72 bits per heavy atom. The maximum atomic E-state index is 14.5. The number of rotatable bonds is 6. The smallest absolute Gasteiger partial charge is 0.277 e. The lowest BCUT2D eigenvalue weighted by Gasteiger charge is -2.30. The molecule has 2 bridgehead atoms. The second-order valence-electron chi connectivity index (χ2n) is 11.1. The molecule has 0 radical (unpaired) electrons. The summed E-state index contributed by atoms with van der Waals surface area (Å²) in [6, 6.07) is 7.78. The summed E-state index contributed by atoms with van der Waals surface area (Å²) in [7, 11) is -4.22. The van der Waals surface area contributed by atoms with Gasteiger partial charge in [-0.2, -0.15) is 8.42 Å². The molecule has 1 amide bonds. The van der Waals surface area contributed by atoms with Crippen LogP contribution in [0.5, 0.6) is 5.75 Å². The topological polar surface area (TPSA) is 127 Å². The van der Waals surface area contributed by atoms with Gasteiger partial charge in [-0.05, 0) is 67.4 Å². The summed E-state index contributed by atoms with van der Waals surface area (Å²) >= 11 is 0. The normalized spacial score (nSPS) is 22.6. The van der Waals surface area contributed by atoms with Gasteiger partial charge in [0, 0.05) is 30.6 Å². The molecule has 1 aromatic carbocycles. The zero-order chi connectivity index (χ0) is 27.9. The fourth-order valence-corrected chi connectivity index (χ4v) is 6.68. The molecule has 9 nitrogen and oxygen atoms in total. The number of aromatic nitrogens is 1. The first-order valence-corrected chi connectivity index (χ1v) is 14.8. The molecule has 1 aromatic heterocycles. The Morgan fingerprint density at radius 1 is 1.26 bits per heavy atom. The van der Waals surface area contributed by atoms with E-state index in [4.69, 9.17) is 15.5 Å². The summed E-state index contributed by atoms with van der Waals surface area (Å²) in [6.07, 6.45) is 4.91. The molecule has 3 N–H and O–H groups in total. The molecule has 1 saturated carbocycles. The standard InChI is InChI=1S/C28H34FN5O4S/c1-16(2)15-38-22-12-19(11-20(29)13-22)24-7-6-23(27(31-24)34-14-18-4-5-21(34)10-18)28(35)33-39(36,37)26-9-17(3)8-25(30)32-26/h6-8,11-13,16-18,21H,4-5,9-10,14-15,30H2,1-3H3,(H,33,35). The summed E-state index contributed by atoms with van der Waals surface area (Å²) in [4.78, 5) is 24.3. The van der Waals surface area contributed by atoms with Crippen LogP contribution < -0.4 is 20.1 Å². The van der Waals surface area contributed by atoms with E-state index in [0.29, 0.717) is 35.3 Å². The van der Waals surface area contributed by atoms with Crippen molar-refractivity contribution in [2.24, 2.45) is 28.5 Å². The van der Waals surface area contributed by atoms with Gasteiger partial charge in [-0.3, -0.25) is 4.79 Å². The number of amides is 1. The van der Waals surface area contributed by atoms with Crippen molar-refractivity contribution in [2.45, 2.75) is 52.5 Å². The van der Waals surface area contributed by atoms with Gasteiger partial charge in [0.1, 0.15) is 23.2 Å². The first kappa shape index (κ1) is 27.1. The quantitative estimate of drug-likeness (QED) is 0.547. The first-order chi connectivity index (χ1) is 18.5. The van der Waals surface area contributed by atoms with Crippen LogP contribution in [0.1, 0.15) is 56.8 Å². The molecule has 11 heteroatoms. The van der Waals surface area contributed by atoms with Gasteiger partial charge in [-0.1, -0.05) is 20.8 Å². The van der Waals surface area contributed by atoms with Gasteiger partial charge in [0.2, 0.25) is 0 Å². The number of piperidine rings is 1. The third kappa shape index (κ3) is 5.93. The first-order valence-electron chi connectivity index (χ1n) is 13.3. The molecule has 39 heavy (non-hydrogen) atoms. The van der Waals surface area contributed by atoms with Crippen molar-refractivity contribution >= 4 is 26.8 Å². The Balaban J connectivity index is 1.49. The van der Waals surface area contributed by atoms with Gasteiger partial charge in [0.15, 0.2) is 5.04 Å². The monoisotopic (exact) mass is 555 g/mol. The minimum Gasteiger partial charge on any atom is -0.493 e. The highest BCUT2D eigenvalue weighted by Crippen LogP contribution is 2.41. The molecule has 2 fully saturated rings. The van der Waals surface area contributed by atoms with Crippen LogP contribution in [0.4, 0.5) is 10.2 Å². The van der Waals surface area contributed by atoms with E-state index in [1.54, 1.807) is 24.3 Å². The van der Waals surface area contributed by atoms with Gasteiger partial charge in [0.25, 0.3) is 15.9 Å². The van der Waals surface area contributed by atoms with E-state index < -0.39 is 21.7 Å².